The van der Waals surface area contributed by atoms with Gasteiger partial charge in [0.05, 0.1) is 18.6 Å². The molecule has 0 saturated carbocycles. The Kier molecular flexibility index (Phi) is 4.25. The average molecular weight is 313 g/mol. The molecule has 1 aromatic rings. The summed E-state index contributed by atoms with van der Waals surface area (Å²) in [5, 5.41) is 0. The number of benzene rings is 1. The lowest BCUT2D eigenvalue weighted by molar-refractivity contribution is -0.261. The lowest BCUT2D eigenvalue weighted by atomic mass is 10.0. The molecule has 1 heterocycles. The summed E-state index contributed by atoms with van der Waals surface area (Å²) in [4.78, 5) is 15.4. The first kappa shape index (κ1) is 16.1. The van der Waals surface area contributed by atoms with Gasteiger partial charge in [-0.25, -0.2) is 9.79 Å². The van der Waals surface area contributed by atoms with Gasteiger partial charge >= 0.3 is 17.9 Å². The number of nitrogens with zero attached hydrogens (tertiary/aromatic N) is 1. The van der Waals surface area contributed by atoms with Gasteiger partial charge in [0.2, 0.25) is 0 Å². The molecule has 1 atom stereocenters. The SMILES string of the molecule is CCOC(=O)C1(C(F)(F)F)N=C(c2ccccc2)C(C)=CO1. The van der Waals surface area contributed by atoms with E-state index in [4.69, 9.17) is 0 Å². The van der Waals surface area contributed by atoms with Gasteiger partial charge in [0.1, 0.15) is 0 Å². The number of carbonyl (C=O) groups is 1. The van der Waals surface area contributed by atoms with Crippen LogP contribution < -0.4 is 0 Å². The van der Waals surface area contributed by atoms with E-state index in [0.717, 1.165) is 6.26 Å². The molecular weight excluding hydrogens is 299 g/mol. The summed E-state index contributed by atoms with van der Waals surface area (Å²) >= 11 is 0. The standard InChI is InChI=1S/C15H14F3NO3/c1-3-21-13(20)14(15(16,17)18)19-12(10(2)9-22-14)11-7-5-4-6-8-11/h4-9H,3H2,1-2H3. The van der Waals surface area contributed by atoms with Crippen molar-refractivity contribution in [3.8, 4) is 0 Å². The zero-order valence-corrected chi connectivity index (χ0v) is 12.0. The van der Waals surface area contributed by atoms with Gasteiger partial charge in [-0.05, 0) is 13.8 Å². The van der Waals surface area contributed by atoms with Crippen LogP contribution >= 0.6 is 0 Å². The van der Waals surface area contributed by atoms with Crippen LogP contribution in [0.25, 0.3) is 0 Å². The lowest BCUT2D eigenvalue weighted by Gasteiger charge is -2.32. The maximum Gasteiger partial charge on any atom is 0.462 e. The van der Waals surface area contributed by atoms with Crippen molar-refractivity contribution in [1.82, 2.24) is 0 Å². The third-order valence-electron chi connectivity index (χ3n) is 3.03. The van der Waals surface area contributed by atoms with E-state index in [1.54, 1.807) is 37.3 Å². The minimum absolute atomic E-state index is 0.0391. The number of hydrogen-bond acceptors (Lipinski definition) is 4. The van der Waals surface area contributed by atoms with Crippen molar-refractivity contribution in [2.24, 2.45) is 4.99 Å². The molecule has 0 fully saturated rings. The van der Waals surface area contributed by atoms with E-state index < -0.39 is 17.9 Å². The number of allylic oxidation sites excluding steroid dienone is 1. The number of esters is 1. The second kappa shape index (κ2) is 5.82. The Labute approximate surface area is 125 Å². The number of alkyl halides is 3. The Morgan fingerprint density at radius 3 is 2.50 bits per heavy atom. The molecular formula is C15H14F3NO3. The Morgan fingerprint density at radius 2 is 1.95 bits per heavy atom. The topological polar surface area (TPSA) is 47.9 Å². The molecule has 1 aliphatic heterocycles. The molecule has 1 aliphatic rings. The number of aliphatic imine (C=N–C) groups is 1. The number of carbonyl (C=O) groups excluding carboxylic acids is 1. The van der Waals surface area contributed by atoms with Crippen LogP contribution in [0.1, 0.15) is 19.4 Å². The van der Waals surface area contributed by atoms with Crippen LogP contribution in [0.2, 0.25) is 0 Å². The van der Waals surface area contributed by atoms with Crippen LogP contribution in [0.15, 0.2) is 47.2 Å². The number of halogens is 3. The Bertz CT molecular complexity index is 623. The molecule has 1 aromatic carbocycles. The normalized spacial score (nSPS) is 21.5. The second-order valence-corrected chi connectivity index (χ2v) is 4.61. The van der Waals surface area contributed by atoms with Gasteiger partial charge in [0.25, 0.3) is 0 Å². The van der Waals surface area contributed by atoms with Crippen molar-refractivity contribution in [3.63, 3.8) is 0 Å². The van der Waals surface area contributed by atoms with Crippen LogP contribution in [0.5, 0.6) is 0 Å². The molecule has 1 unspecified atom stereocenters. The molecule has 4 nitrogen and oxygen atoms in total. The predicted molar refractivity (Wildman–Crippen MR) is 73.2 cm³/mol. The third kappa shape index (κ3) is 2.70. The summed E-state index contributed by atoms with van der Waals surface area (Å²) in [5.74, 6) is -1.58. The molecule has 0 amide bonds. The van der Waals surface area contributed by atoms with E-state index >= 15 is 0 Å². The molecule has 0 aromatic heterocycles. The van der Waals surface area contributed by atoms with Crippen molar-refractivity contribution in [3.05, 3.63) is 47.7 Å². The maximum atomic E-state index is 13.4. The van der Waals surface area contributed by atoms with Gasteiger partial charge < -0.3 is 9.47 Å². The van der Waals surface area contributed by atoms with Crippen molar-refractivity contribution in [2.75, 3.05) is 6.61 Å². The fraction of sp³-hybridized carbons (Fsp3) is 0.333. The molecule has 0 bridgehead atoms. The first-order valence-corrected chi connectivity index (χ1v) is 6.56. The molecule has 0 N–H and O–H groups in total. The van der Waals surface area contributed by atoms with Crippen LogP contribution in [0.3, 0.4) is 0 Å². The van der Waals surface area contributed by atoms with Gasteiger partial charge in [-0.3, -0.25) is 0 Å². The molecule has 0 saturated heterocycles. The third-order valence-corrected chi connectivity index (χ3v) is 3.03. The summed E-state index contributed by atoms with van der Waals surface area (Å²) in [7, 11) is 0. The minimum Gasteiger partial charge on any atom is -0.461 e. The van der Waals surface area contributed by atoms with Gasteiger partial charge in [-0.2, -0.15) is 13.2 Å². The fourth-order valence-corrected chi connectivity index (χ4v) is 1.96. The zero-order chi connectivity index (χ0) is 16.4. The smallest absolute Gasteiger partial charge is 0.461 e. The summed E-state index contributed by atoms with van der Waals surface area (Å²) in [5.41, 5.74) is -2.49. The van der Waals surface area contributed by atoms with E-state index in [2.05, 4.69) is 14.5 Å². The first-order valence-electron chi connectivity index (χ1n) is 6.56. The maximum absolute atomic E-state index is 13.4. The monoisotopic (exact) mass is 313 g/mol. The second-order valence-electron chi connectivity index (χ2n) is 4.61. The van der Waals surface area contributed by atoms with Crippen molar-refractivity contribution < 1.29 is 27.4 Å². The van der Waals surface area contributed by atoms with Crippen molar-refractivity contribution >= 4 is 11.7 Å². The Hall–Kier alpha value is -2.31. The number of ether oxygens (including phenoxy) is 2. The molecule has 118 valence electrons. The van der Waals surface area contributed by atoms with Gasteiger partial charge in [-0.15, -0.1) is 0 Å². The van der Waals surface area contributed by atoms with E-state index in [-0.39, 0.29) is 12.3 Å². The van der Waals surface area contributed by atoms with Crippen LogP contribution in [0, 0.1) is 0 Å². The largest absolute Gasteiger partial charge is 0.462 e. The van der Waals surface area contributed by atoms with Gasteiger partial charge in [0.15, 0.2) is 0 Å². The van der Waals surface area contributed by atoms with Gasteiger partial charge in [-0.1, -0.05) is 30.3 Å². The van der Waals surface area contributed by atoms with E-state index in [0.29, 0.717) is 11.1 Å². The highest BCUT2D eigenvalue weighted by Crippen LogP contribution is 2.39. The molecule has 0 aliphatic carbocycles. The highest BCUT2D eigenvalue weighted by molar-refractivity contribution is 6.13. The number of hydrogen-bond donors (Lipinski definition) is 0. The van der Waals surface area contributed by atoms with E-state index in [1.807, 2.05) is 0 Å². The van der Waals surface area contributed by atoms with Crippen LogP contribution in [-0.2, 0) is 14.3 Å². The lowest BCUT2D eigenvalue weighted by Crippen LogP contribution is -2.54. The summed E-state index contributed by atoms with van der Waals surface area (Å²) in [6.45, 7) is 2.75. The highest BCUT2D eigenvalue weighted by Gasteiger charge is 2.66. The van der Waals surface area contributed by atoms with E-state index in [9.17, 15) is 18.0 Å². The summed E-state index contributed by atoms with van der Waals surface area (Å²) in [6.07, 6.45) is -4.16. The summed E-state index contributed by atoms with van der Waals surface area (Å²) in [6, 6.07) is 8.27. The van der Waals surface area contributed by atoms with Gasteiger partial charge in [0, 0.05) is 11.1 Å². The Morgan fingerprint density at radius 1 is 1.32 bits per heavy atom. The van der Waals surface area contributed by atoms with Crippen LogP contribution in [-0.4, -0.2) is 30.2 Å². The highest BCUT2D eigenvalue weighted by atomic mass is 19.4. The average Bonchev–Trinajstić information content (AvgIpc) is 2.47. The minimum atomic E-state index is -5.05. The molecule has 0 spiro atoms. The fourth-order valence-electron chi connectivity index (χ4n) is 1.96. The quantitative estimate of drug-likeness (QED) is 0.805. The van der Waals surface area contributed by atoms with Crippen LogP contribution in [0.4, 0.5) is 13.2 Å². The van der Waals surface area contributed by atoms with Crippen molar-refractivity contribution in [2.45, 2.75) is 25.7 Å². The molecule has 7 heteroatoms. The summed E-state index contributed by atoms with van der Waals surface area (Å²) < 4.78 is 49.4. The molecule has 2 rings (SSSR count). The first-order chi connectivity index (χ1) is 10.3. The Balaban J connectivity index is 2.57. The molecule has 22 heavy (non-hydrogen) atoms. The molecule has 0 radical (unpaired) electrons. The zero-order valence-electron chi connectivity index (χ0n) is 12.0. The van der Waals surface area contributed by atoms with E-state index in [1.165, 1.54) is 6.92 Å². The van der Waals surface area contributed by atoms with Crippen molar-refractivity contribution in [1.29, 1.82) is 0 Å². The number of rotatable bonds is 3. The predicted octanol–water partition coefficient (Wildman–Crippen LogP) is 3.23.